The second-order valence-electron chi connectivity index (χ2n) is 5.19. The monoisotopic (exact) mass is 386 g/mol. The molecule has 2 aromatic carbocycles. The summed E-state index contributed by atoms with van der Waals surface area (Å²) in [5.74, 6) is 0.330. The first-order valence-corrected chi connectivity index (χ1v) is 8.33. The van der Waals surface area contributed by atoms with Crippen LogP contribution in [-0.2, 0) is 4.79 Å². The molecular formula is C19H19BrN2O2. The van der Waals surface area contributed by atoms with Crippen molar-refractivity contribution >= 4 is 33.6 Å². The number of amides is 1. The minimum atomic E-state index is -0.638. The molecule has 0 aliphatic heterocycles. The van der Waals surface area contributed by atoms with Gasteiger partial charge in [-0.25, -0.2) is 5.43 Å². The summed E-state index contributed by atoms with van der Waals surface area (Å²) in [4.78, 5) is 12.0. The van der Waals surface area contributed by atoms with Crippen LogP contribution in [0, 0.1) is 0 Å². The number of allylic oxidation sites excluding steroid dienone is 1. The summed E-state index contributed by atoms with van der Waals surface area (Å²) >= 11 is 3.35. The van der Waals surface area contributed by atoms with Gasteiger partial charge in [-0.3, -0.25) is 4.79 Å². The zero-order valence-corrected chi connectivity index (χ0v) is 15.2. The van der Waals surface area contributed by atoms with Gasteiger partial charge in [0.15, 0.2) is 6.10 Å². The van der Waals surface area contributed by atoms with Crippen molar-refractivity contribution in [3.8, 4) is 5.75 Å². The van der Waals surface area contributed by atoms with Crippen LogP contribution in [0.25, 0.3) is 6.08 Å². The third kappa shape index (κ3) is 6.01. The number of hydrazone groups is 1. The van der Waals surface area contributed by atoms with Gasteiger partial charge in [0.2, 0.25) is 0 Å². The van der Waals surface area contributed by atoms with E-state index >= 15 is 0 Å². The lowest BCUT2D eigenvalue weighted by molar-refractivity contribution is -0.127. The highest BCUT2D eigenvalue weighted by Crippen LogP contribution is 2.17. The number of hydrogen-bond donors (Lipinski definition) is 1. The molecular weight excluding hydrogens is 368 g/mol. The number of nitrogens with one attached hydrogen (secondary N) is 1. The average molecular weight is 387 g/mol. The maximum atomic E-state index is 12.0. The Hall–Kier alpha value is -2.40. The number of carbonyl (C=O) groups excluding carboxylic acids is 1. The van der Waals surface area contributed by atoms with Crippen molar-refractivity contribution in [1.82, 2.24) is 5.43 Å². The molecule has 5 heteroatoms. The zero-order chi connectivity index (χ0) is 17.4. The molecule has 2 rings (SSSR count). The minimum absolute atomic E-state index is 0.301. The van der Waals surface area contributed by atoms with Crippen molar-refractivity contribution in [2.24, 2.45) is 5.10 Å². The average Bonchev–Trinajstić information content (AvgIpc) is 2.60. The van der Waals surface area contributed by atoms with Gasteiger partial charge in [0, 0.05) is 4.47 Å². The lowest BCUT2D eigenvalue weighted by atomic mass is 10.2. The van der Waals surface area contributed by atoms with E-state index in [4.69, 9.17) is 4.74 Å². The van der Waals surface area contributed by atoms with E-state index in [0.717, 1.165) is 10.0 Å². The van der Waals surface area contributed by atoms with E-state index in [1.54, 1.807) is 19.1 Å². The molecule has 0 saturated heterocycles. The van der Waals surface area contributed by atoms with Crippen molar-refractivity contribution in [3.63, 3.8) is 0 Å². The lowest BCUT2D eigenvalue weighted by Crippen LogP contribution is -2.33. The van der Waals surface area contributed by atoms with E-state index in [1.165, 1.54) is 0 Å². The van der Waals surface area contributed by atoms with Crippen LogP contribution >= 0.6 is 15.9 Å². The van der Waals surface area contributed by atoms with Crippen molar-refractivity contribution < 1.29 is 9.53 Å². The van der Waals surface area contributed by atoms with Crippen LogP contribution in [0.3, 0.4) is 0 Å². The predicted molar refractivity (Wildman–Crippen MR) is 101 cm³/mol. The van der Waals surface area contributed by atoms with E-state index in [1.807, 2.05) is 61.5 Å². The SMILES string of the molecule is CC(/C=C/c1ccccc1)=N/NC(=O)[C@H](C)Oc1ccc(Br)cc1. The van der Waals surface area contributed by atoms with Crippen LogP contribution in [0.4, 0.5) is 0 Å². The van der Waals surface area contributed by atoms with Gasteiger partial charge in [0.1, 0.15) is 5.75 Å². The number of rotatable bonds is 6. The Kier molecular flexibility index (Phi) is 6.75. The van der Waals surface area contributed by atoms with Gasteiger partial charge in [0.05, 0.1) is 5.71 Å². The highest BCUT2D eigenvalue weighted by atomic mass is 79.9. The molecule has 2 aromatic rings. The number of benzene rings is 2. The lowest BCUT2D eigenvalue weighted by Gasteiger charge is -2.13. The molecule has 0 radical (unpaired) electrons. The topological polar surface area (TPSA) is 50.7 Å². The Morgan fingerprint density at radius 3 is 2.50 bits per heavy atom. The first-order chi connectivity index (χ1) is 11.5. The third-order valence-electron chi connectivity index (χ3n) is 3.15. The number of hydrogen-bond acceptors (Lipinski definition) is 3. The zero-order valence-electron chi connectivity index (χ0n) is 13.6. The summed E-state index contributed by atoms with van der Waals surface area (Å²) in [5, 5.41) is 4.06. The van der Waals surface area contributed by atoms with Crippen LogP contribution in [0.5, 0.6) is 5.75 Å². The maximum absolute atomic E-state index is 12.0. The standard InChI is InChI=1S/C19H19BrN2O2/c1-14(8-9-16-6-4-3-5-7-16)21-22-19(23)15(2)24-18-12-10-17(20)11-13-18/h3-13,15H,1-2H3,(H,22,23)/b9-8+,21-14-/t15-/m0/s1. The molecule has 4 nitrogen and oxygen atoms in total. The Balaban J connectivity index is 1.86. The number of ether oxygens (including phenoxy) is 1. The smallest absolute Gasteiger partial charge is 0.280 e. The Morgan fingerprint density at radius 1 is 1.17 bits per heavy atom. The summed E-state index contributed by atoms with van der Waals surface area (Å²) in [5.41, 5.74) is 4.29. The molecule has 0 spiro atoms. The molecule has 0 saturated carbocycles. The van der Waals surface area contributed by atoms with Crippen LogP contribution in [0.15, 0.2) is 70.2 Å². The summed E-state index contributed by atoms with van der Waals surface area (Å²) in [7, 11) is 0. The van der Waals surface area contributed by atoms with Gasteiger partial charge >= 0.3 is 0 Å². The molecule has 0 aliphatic carbocycles. The first-order valence-electron chi connectivity index (χ1n) is 7.54. The van der Waals surface area contributed by atoms with Gasteiger partial charge in [0.25, 0.3) is 5.91 Å². The molecule has 1 atom stereocenters. The molecule has 1 N–H and O–H groups in total. The summed E-state index contributed by atoms with van der Waals surface area (Å²) < 4.78 is 6.53. The number of carbonyl (C=O) groups is 1. The Morgan fingerprint density at radius 2 is 1.83 bits per heavy atom. The second-order valence-corrected chi connectivity index (χ2v) is 6.10. The quantitative estimate of drug-likeness (QED) is 0.589. The summed E-state index contributed by atoms with van der Waals surface area (Å²) in [6.07, 6.45) is 3.14. The van der Waals surface area contributed by atoms with Crippen molar-refractivity contribution in [1.29, 1.82) is 0 Å². The van der Waals surface area contributed by atoms with E-state index in [2.05, 4.69) is 26.5 Å². The summed E-state index contributed by atoms with van der Waals surface area (Å²) in [6.45, 7) is 3.50. The molecule has 0 bridgehead atoms. The van der Waals surface area contributed by atoms with Crippen LogP contribution in [0.1, 0.15) is 19.4 Å². The van der Waals surface area contributed by atoms with Gasteiger partial charge in [-0.2, -0.15) is 5.10 Å². The molecule has 1 amide bonds. The Labute approximate surface area is 150 Å². The van der Waals surface area contributed by atoms with Crippen molar-refractivity contribution in [2.75, 3.05) is 0 Å². The number of nitrogens with zero attached hydrogens (tertiary/aromatic N) is 1. The maximum Gasteiger partial charge on any atom is 0.280 e. The second kappa shape index (κ2) is 9.03. The molecule has 24 heavy (non-hydrogen) atoms. The molecule has 0 fully saturated rings. The molecule has 0 heterocycles. The fraction of sp³-hybridized carbons (Fsp3) is 0.158. The first kappa shape index (κ1) is 17.9. The van der Waals surface area contributed by atoms with E-state index < -0.39 is 6.10 Å². The largest absolute Gasteiger partial charge is 0.481 e. The fourth-order valence-corrected chi connectivity index (χ4v) is 2.09. The molecule has 0 unspecified atom stereocenters. The van der Waals surface area contributed by atoms with Gasteiger partial charge in [-0.15, -0.1) is 0 Å². The molecule has 124 valence electrons. The van der Waals surface area contributed by atoms with E-state index in [-0.39, 0.29) is 5.91 Å². The fourth-order valence-electron chi connectivity index (χ4n) is 1.82. The third-order valence-corrected chi connectivity index (χ3v) is 3.68. The Bertz CT molecular complexity index is 725. The van der Waals surface area contributed by atoms with Crippen LogP contribution < -0.4 is 10.2 Å². The highest BCUT2D eigenvalue weighted by molar-refractivity contribution is 9.10. The number of halogens is 1. The van der Waals surface area contributed by atoms with Crippen LogP contribution in [0.2, 0.25) is 0 Å². The molecule has 0 aliphatic rings. The normalized spacial score (nSPS) is 12.9. The highest BCUT2D eigenvalue weighted by Gasteiger charge is 2.13. The molecule has 0 aromatic heterocycles. The minimum Gasteiger partial charge on any atom is -0.481 e. The van der Waals surface area contributed by atoms with E-state index in [9.17, 15) is 4.79 Å². The van der Waals surface area contributed by atoms with Gasteiger partial charge in [-0.05, 0) is 49.8 Å². The van der Waals surface area contributed by atoms with Gasteiger partial charge < -0.3 is 4.74 Å². The van der Waals surface area contributed by atoms with Gasteiger partial charge in [-0.1, -0.05) is 52.3 Å². The summed E-state index contributed by atoms with van der Waals surface area (Å²) in [6, 6.07) is 17.2. The van der Waals surface area contributed by atoms with Crippen molar-refractivity contribution in [3.05, 3.63) is 70.7 Å². The predicted octanol–water partition coefficient (Wildman–Crippen LogP) is 4.42. The van der Waals surface area contributed by atoms with Crippen LogP contribution in [-0.4, -0.2) is 17.7 Å². The van der Waals surface area contributed by atoms with Crippen molar-refractivity contribution in [2.45, 2.75) is 20.0 Å². The van der Waals surface area contributed by atoms with E-state index in [0.29, 0.717) is 11.5 Å².